The third-order valence-corrected chi connectivity index (χ3v) is 0. The third-order valence-electron chi connectivity index (χ3n) is 0. The summed E-state index contributed by atoms with van der Waals surface area (Å²) in [5.41, 5.74) is 0. The number of hydrogen-bond donors (Lipinski definition) is 0. The maximum Gasteiger partial charge on any atom is 0 e. The average molecular weight is 5420 g/mol. The molecule has 61 heteroatoms. The van der Waals surface area contributed by atoms with Gasteiger partial charge in [-0.2, -0.15) is 0 Å². The number of hydrogen-bond acceptors (Lipinski definition) is 0. The van der Waals surface area contributed by atoms with Gasteiger partial charge in [0.05, 0.1) is 0 Å². The molecule has 0 rings (SSSR count). The standard InChI is InChI=1S/61Y. The zero-order chi connectivity index (χ0) is 0. The van der Waals surface area contributed by atoms with E-state index in [-0.39, 0.29) is 2000 Å². The molecule has 0 atom stereocenters. The smallest absolute Gasteiger partial charge is 0 e. The van der Waals surface area contributed by atoms with Gasteiger partial charge in [0, 0.05) is 2000 Å². The van der Waals surface area contributed by atoms with Crippen molar-refractivity contribution in [2.24, 2.45) is 0 Å². The van der Waals surface area contributed by atoms with Gasteiger partial charge in [-0.3, -0.25) is 0 Å². The van der Waals surface area contributed by atoms with Gasteiger partial charge in [-0.1, -0.05) is 0 Å². The van der Waals surface area contributed by atoms with E-state index in [0.29, 0.717) is 0 Å². The minimum absolute atomic E-state index is 0. The van der Waals surface area contributed by atoms with Gasteiger partial charge in [-0.15, -0.1) is 0 Å². The fraction of sp³-hybridized carbons (Fsp3) is 0. The van der Waals surface area contributed by atoms with Crippen LogP contribution in [0.15, 0.2) is 0 Å². The molecule has 0 heterocycles. The predicted molar refractivity (Wildman–Crippen MR) is 0 cm³/mol. The summed E-state index contributed by atoms with van der Waals surface area (Å²) < 4.78 is 0. The molecule has 0 aliphatic heterocycles. The van der Waals surface area contributed by atoms with E-state index in [0.717, 1.165) is 0 Å². The molecule has 0 aromatic rings. The van der Waals surface area contributed by atoms with Gasteiger partial charge in [0.15, 0.2) is 0 Å². The first kappa shape index (κ1) is 459. The van der Waals surface area contributed by atoms with Crippen molar-refractivity contribution < 1.29 is 2000 Å². The van der Waals surface area contributed by atoms with Crippen LogP contribution in [0.5, 0.6) is 0 Å². The Morgan fingerprint density at radius 2 is 0.0164 bits per heavy atom. The van der Waals surface area contributed by atoms with Crippen LogP contribution in [-0.4, -0.2) is 0 Å². The van der Waals surface area contributed by atoms with Crippen molar-refractivity contribution in [1.29, 1.82) is 0 Å². The summed E-state index contributed by atoms with van der Waals surface area (Å²) in [6.45, 7) is 0. The van der Waals surface area contributed by atoms with Crippen LogP contribution in [-0.2, 0) is 2000 Å². The summed E-state index contributed by atoms with van der Waals surface area (Å²) in [5, 5.41) is 0. The Morgan fingerprint density at radius 3 is 0.0164 bits per heavy atom. The van der Waals surface area contributed by atoms with Gasteiger partial charge in [-0.05, 0) is 0 Å². The molecule has 0 aromatic heterocycles. The molecule has 0 saturated carbocycles. The first-order chi connectivity index (χ1) is 0. The molecular formula is Y61. The van der Waals surface area contributed by atoms with Crippen molar-refractivity contribution in [2.75, 3.05) is 0 Å². The fourth-order valence-corrected chi connectivity index (χ4v) is 0. The van der Waals surface area contributed by atoms with Gasteiger partial charge in [0.25, 0.3) is 0 Å². The minimum Gasteiger partial charge on any atom is 0 e. The predicted octanol–water partition coefficient (Wildman–Crippen LogP) is -0.153. The molecule has 0 bridgehead atoms. The second kappa shape index (κ2) is 448. The molecule has 0 spiro atoms. The van der Waals surface area contributed by atoms with Crippen LogP contribution in [0.1, 0.15) is 0 Å². The van der Waals surface area contributed by atoms with Crippen LogP contribution in [0, 0.1) is 0 Å². The van der Waals surface area contributed by atoms with Crippen molar-refractivity contribution in [3.8, 4) is 0 Å². The van der Waals surface area contributed by atoms with E-state index in [1.807, 2.05) is 0 Å². The molecule has 0 aliphatic rings. The summed E-state index contributed by atoms with van der Waals surface area (Å²) in [6.07, 6.45) is 0. The van der Waals surface area contributed by atoms with Gasteiger partial charge < -0.3 is 0 Å². The van der Waals surface area contributed by atoms with Crippen LogP contribution in [0.3, 0.4) is 0 Å². The Labute approximate surface area is 1920 Å². The van der Waals surface area contributed by atoms with Gasteiger partial charge in [0.1, 0.15) is 0 Å². The van der Waals surface area contributed by atoms with Crippen molar-refractivity contribution in [3.05, 3.63) is 0 Å². The molecule has 0 amide bonds. The molecule has 0 unspecified atom stereocenters. The summed E-state index contributed by atoms with van der Waals surface area (Å²) in [6, 6.07) is 0. The molecule has 61 radical (unpaired) electrons. The fourth-order valence-electron chi connectivity index (χ4n) is 0. The van der Waals surface area contributed by atoms with Crippen LogP contribution in [0.2, 0.25) is 0 Å². The summed E-state index contributed by atoms with van der Waals surface area (Å²) in [7, 11) is 0. The third kappa shape index (κ3) is 441. The van der Waals surface area contributed by atoms with Crippen molar-refractivity contribution in [1.82, 2.24) is 0 Å². The van der Waals surface area contributed by atoms with Crippen LogP contribution in [0.25, 0.3) is 0 Å². The molecule has 0 fully saturated rings. The van der Waals surface area contributed by atoms with Gasteiger partial charge in [-0.25, -0.2) is 0 Å². The van der Waals surface area contributed by atoms with Gasteiger partial charge in [0.2, 0.25) is 0 Å². The molecule has 61 heavy (non-hydrogen) atoms. The summed E-state index contributed by atoms with van der Waals surface area (Å²) in [4.78, 5) is 0. The molecule has 0 saturated heterocycles. The maximum atomic E-state index is 0. The zero-order valence-electron chi connectivity index (χ0n) is 35.2. The van der Waals surface area contributed by atoms with Crippen LogP contribution < -0.4 is 0 Å². The van der Waals surface area contributed by atoms with E-state index < -0.39 is 0 Å². The minimum atomic E-state index is 0. The Bertz CT molecular complexity index is 0. The molecule has 0 aromatic carbocycles. The Kier molecular flexibility index (Phi) is 3370. The largest absolute Gasteiger partial charge is 0 e. The first-order valence-electron chi connectivity index (χ1n) is 0. The molecular weight excluding hydrogens is 5420 g/mol. The Morgan fingerprint density at radius 1 is 0.0164 bits per heavy atom. The molecule has 0 nitrogen and oxygen atoms in total. The zero-order valence-corrected chi connectivity index (χ0v) is 208. The monoisotopic (exact) mass is 5420 g/mol. The van der Waals surface area contributed by atoms with E-state index in [2.05, 4.69) is 0 Å². The topological polar surface area (TPSA) is 0 Å². The average Bonchev–Trinajstić information content (AvgIpc) is 0. The van der Waals surface area contributed by atoms with E-state index >= 15 is 0 Å². The van der Waals surface area contributed by atoms with Crippen LogP contribution in [0.4, 0.5) is 0 Å². The van der Waals surface area contributed by atoms with E-state index in [1.165, 1.54) is 0 Å². The first-order valence-corrected chi connectivity index (χ1v) is 0. The second-order valence-corrected chi connectivity index (χ2v) is 0. The SMILES string of the molecule is [Y].[Y].[Y].[Y].[Y].[Y].[Y].[Y].[Y].[Y].[Y].[Y].[Y].[Y].[Y].[Y].[Y].[Y].[Y].[Y].[Y].[Y].[Y].[Y].[Y].[Y].[Y].[Y].[Y].[Y].[Y].[Y].[Y].[Y].[Y].[Y].[Y].[Y].[Y].[Y].[Y].[Y].[Y].[Y].[Y].[Y].[Y].[Y].[Y].[Y].[Y].[Y].[Y].[Y].[Y].[Y].[Y].[Y].[Y].[Y].[Y]. The van der Waals surface area contributed by atoms with Crippen molar-refractivity contribution >= 4 is 0 Å². The van der Waals surface area contributed by atoms with Gasteiger partial charge >= 0.3 is 0 Å². The molecule has 0 N–H and O–H groups in total. The van der Waals surface area contributed by atoms with Crippen molar-refractivity contribution in [3.63, 3.8) is 0 Å². The second-order valence-electron chi connectivity index (χ2n) is 0. The van der Waals surface area contributed by atoms with Crippen molar-refractivity contribution in [2.45, 2.75) is 0 Å². The van der Waals surface area contributed by atoms with E-state index in [4.69, 9.17) is 0 Å². The summed E-state index contributed by atoms with van der Waals surface area (Å²) >= 11 is 0. The number of rotatable bonds is 0. The Hall–Kier alpha value is 67.3. The van der Waals surface area contributed by atoms with E-state index in [9.17, 15) is 0 Å². The normalized spacial score (nSPS) is 0. The van der Waals surface area contributed by atoms with Crippen LogP contribution >= 0.6 is 0 Å². The molecule has 0 aliphatic carbocycles. The van der Waals surface area contributed by atoms with E-state index in [1.54, 1.807) is 0 Å². The summed E-state index contributed by atoms with van der Waals surface area (Å²) in [5.74, 6) is 0. The quantitative estimate of drug-likeness (QED) is 0.317. The maximum absolute atomic E-state index is 0. The molecule has 183 valence electrons. The Balaban J connectivity index is 0.